The molecule has 1 aliphatic heterocycles. The van der Waals surface area contributed by atoms with Gasteiger partial charge in [-0.2, -0.15) is 0 Å². The van der Waals surface area contributed by atoms with E-state index < -0.39 is 17.7 Å². The van der Waals surface area contributed by atoms with Gasteiger partial charge in [-0.25, -0.2) is 8.78 Å². The van der Waals surface area contributed by atoms with Gasteiger partial charge in [-0.15, -0.1) is 0 Å². The molecule has 1 aromatic rings. The Kier molecular flexibility index (Phi) is 4.03. The van der Waals surface area contributed by atoms with Gasteiger partial charge in [0.1, 0.15) is 11.6 Å². The fourth-order valence-electron chi connectivity index (χ4n) is 3.55. The molecule has 4 heteroatoms. The minimum Gasteiger partial charge on any atom is -0.388 e. The molecule has 1 saturated heterocycles. The van der Waals surface area contributed by atoms with Gasteiger partial charge >= 0.3 is 0 Å². The number of hydrogen-bond acceptors (Lipinski definition) is 2. The molecule has 1 aromatic carbocycles. The lowest BCUT2D eigenvalue weighted by molar-refractivity contribution is 0.0808. The molecule has 0 saturated carbocycles. The van der Waals surface area contributed by atoms with Gasteiger partial charge in [0, 0.05) is 6.07 Å². The average Bonchev–Trinajstić information content (AvgIpc) is 2.92. The maximum Gasteiger partial charge on any atom is 0.129 e. The van der Waals surface area contributed by atoms with Crippen LogP contribution in [0.4, 0.5) is 8.78 Å². The second-order valence-corrected chi connectivity index (χ2v) is 6.04. The molecule has 1 aliphatic carbocycles. The lowest BCUT2D eigenvalue weighted by Gasteiger charge is -2.31. The largest absolute Gasteiger partial charge is 0.388 e. The van der Waals surface area contributed by atoms with Crippen LogP contribution in [0.2, 0.25) is 0 Å². The molecule has 0 aromatic heterocycles. The van der Waals surface area contributed by atoms with Crippen LogP contribution in [0.15, 0.2) is 12.1 Å². The molecule has 0 bridgehead atoms. The summed E-state index contributed by atoms with van der Waals surface area (Å²) in [7, 11) is 0. The van der Waals surface area contributed by atoms with Crippen LogP contribution in [0.3, 0.4) is 0 Å². The number of aliphatic hydroxyl groups excluding tert-OH is 1. The van der Waals surface area contributed by atoms with Crippen LogP contribution >= 0.6 is 0 Å². The summed E-state index contributed by atoms with van der Waals surface area (Å²) in [6, 6.07) is 2.21. The van der Waals surface area contributed by atoms with Crippen molar-refractivity contribution in [3.63, 3.8) is 0 Å². The van der Waals surface area contributed by atoms with Gasteiger partial charge in [0.2, 0.25) is 0 Å². The first-order chi connectivity index (χ1) is 9.65. The van der Waals surface area contributed by atoms with Crippen LogP contribution in [-0.4, -0.2) is 29.6 Å². The summed E-state index contributed by atoms with van der Waals surface area (Å²) in [5.74, 6) is -0.998. The number of likely N-dealkylation sites (tertiary alicyclic amines) is 1. The number of aliphatic hydroxyl groups is 1. The third-order valence-electron chi connectivity index (χ3n) is 4.74. The highest BCUT2D eigenvalue weighted by Crippen LogP contribution is 2.38. The predicted octanol–water partition coefficient (Wildman–Crippen LogP) is 3.05. The molecule has 2 nitrogen and oxygen atoms in total. The number of nitrogens with zero attached hydrogens (tertiary/aromatic N) is 1. The van der Waals surface area contributed by atoms with E-state index in [2.05, 4.69) is 4.90 Å². The Morgan fingerprint density at radius 3 is 2.70 bits per heavy atom. The van der Waals surface area contributed by atoms with Crippen molar-refractivity contribution in [3.05, 3.63) is 34.9 Å². The monoisotopic (exact) mass is 281 g/mol. The third-order valence-corrected chi connectivity index (χ3v) is 4.74. The number of rotatable bonds is 3. The smallest absolute Gasteiger partial charge is 0.129 e. The highest BCUT2D eigenvalue weighted by atomic mass is 19.1. The quantitative estimate of drug-likeness (QED) is 0.920. The van der Waals surface area contributed by atoms with E-state index >= 15 is 0 Å². The minimum atomic E-state index is -0.730. The molecule has 110 valence electrons. The summed E-state index contributed by atoms with van der Waals surface area (Å²) in [6.07, 6.45) is 4.07. The van der Waals surface area contributed by atoms with E-state index in [4.69, 9.17) is 0 Å². The molecule has 0 spiro atoms. The van der Waals surface area contributed by atoms with Crippen molar-refractivity contribution < 1.29 is 13.9 Å². The topological polar surface area (TPSA) is 23.5 Å². The standard InChI is InChI=1S/C16H21F2NO/c17-12-9-14-13(15(18)10-12)4-3-11(16(14)20)5-8-19-6-1-2-7-19/h9-11,16,20H,1-8H2. The molecule has 1 N–H and O–H groups in total. The maximum atomic E-state index is 13.7. The molecule has 3 rings (SSSR count). The van der Waals surface area contributed by atoms with Gasteiger partial charge in [0.25, 0.3) is 0 Å². The average molecular weight is 281 g/mol. The van der Waals surface area contributed by atoms with Crippen molar-refractivity contribution in [2.75, 3.05) is 19.6 Å². The Labute approximate surface area is 118 Å². The van der Waals surface area contributed by atoms with Crippen LogP contribution in [0, 0.1) is 17.6 Å². The SMILES string of the molecule is OC1c2cc(F)cc(F)c2CCC1CCN1CCCC1. The van der Waals surface area contributed by atoms with Crippen LogP contribution in [-0.2, 0) is 6.42 Å². The van der Waals surface area contributed by atoms with Crippen LogP contribution in [0.1, 0.15) is 42.9 Å². The highest BCUT2D eigenvalue weighted by Gasteiger charge is 2.30. The predicted molar refractivity (Wildman–Crippen MR) is 73.4 cm³/mol. The zero-order chi connectivity index (χ0) is 14.1. The Balaban J connectivity index is 1.70. The van der Waals surface area contributed by atoms with Gasteiger partial charge in [0.05, 0.1) is 6.10 Å². The second kappa shape index (κ2) is 5.78. The first-order valence-corrected chi connectivity index (χ1v) is 7.53. The van der Waals surface area contributed by atoms with E-state index in [-0.39, 0.29) is 5.92 Å². The van der Waals surface area contributed by atoms with Gasteiger partial charge in [-0.1, -0.05) is 0 Å². The summed E-state index contributed by atoms with van der Waals surface area (Å²) in [5, 5.41) is 10.4. The van der Waals surface area contributed by atoms with Crippen molar-refractivity contribution in [1.82, 2.24) is 4.90 Å². The molecule has 20 heavy (non-hydrogen) atoms. The lowest BCUT2D eigenvalue weighted by atomic mass is 9.79. The molecular formula is C16H21F2NO. The fourth-order valence-corrected chi connectivity index (χ4v) is 3.55. The molecule has 2 unspecified atom stereocenters. The van der Waals surface area contributed by atoms with Gasteiger partial charge < -0.3 is 10.0 Å². The number of halogens is 2. The van der Waals surface area contributed by atoms with Gasteiger partial charge in [-0.3, -0.25) is 0 Å². The van der Waals surface area contributed by atoms with E-state index in [1.165, 1.54) is 18.9 Å². The zero-order valence-corrected chi connectivity index (χ0v) is 11.6. The van der Waals surface area contributed by atoms with Crippen molar-refractivity contribution in [3.8, 4) is 0 Å². The van der Waals surface area contributed by atoms with Crippen molar-refractivity contribution >= 4 is 0 Å². The van der Waals surface area contributed by atoms with Gasteiger partial charge in [0.15, 0.2) is 0 Å². The summed E-state index contributed by atoms with van der Waals surface area (Å²) in [4.78, 5) is 2.41. The highest BCUT2D eigenvalue weighted by molar-refractivity contribution is 5.34. The van der Waals surface area contributed by atoms with Gasteiger partial charge in [-0.05, 0) is 74.8 Å². The molecule has 2 atom stereocenters. The summed E-state index contributed by atoms with van der Waals surface area (Å²) in [6.45, 7) is 3.26. The summed E-state index contributed by atoms with van der Waals surface area (Å²) >= 11 is 0. The molecule has 0 radical (unpaired) electrons. The summed E-state index contributed by atoms with van der Waals surface area (Å²) < 4.78 is 27.0. The van der Waals surface area contributed by atoms with E-state index in [1.807, 2.05) is 0 Å². The minimum absolute atomic E-state index is 0.115. The van der Waals surface area contributed by atoms with Crippen molar-refractivity contribution in [1.29, 1.82) is 0 Å². The number of benzene rings is 1. The fraction of sp³-hybridized carbons (Fsp3) is 0.625. The molecule has 1 fully saturated rings. The lowest BCUT2D eigenvalue weighted by Crippen LogP contribution is -2.27. The molecular weight excluding hydrogens is 260 g/mol. The van der Waals surface area contributed by atoms with E-state index in [0.717, 1.165) is 38.5 Å². The molecule has 2 aliphatic rings. The maximum absolute atomic E-state index is 13.7. The first kappa shape index (κ1) is 14.0. The van der Waals surface area contributed by atoms with E-state index in [1.54, 1.807) is 0 Å². The zero-order valence-electron chi connectivity index (χ0n) is 11.6. The Bertz CT molecular complexity index is 486. The third kappa shape index (κ3) is 2.72. The van der Waals surface area contributed by atoms with Crippen LogP contribution in [0.25, 0.3) is 0 Å². The van der Waals surface area contributed by atoms with Crippen molar-refractivity contribution in [2.24, 2.45) is 5.92 Å². The van der Waals surface area contributed by atoms with E-state index in [0.29, 0.717) is 17.5 Å². The Morgan fingerprint density at radius 1 is 1.20 bits per heavy atom. The number of fused-ring (bicyclic) bond motifs is 1. The number of hydrogen-bond donors (Lipinski definition) is 1. The Morgan fingerprint density at radius 2 is 1.95 bits per heavy atom. The normalized spacial score (nSPS) is 26.8. The van der Waals surface area contributed by atoms with Crippen molar-refractivity contribution in [2.45, 2.75) is 38.2 Å². The van der Waals surface area contributed by atoms with Crippen LogP contribution in [0.5, 0.6) is 0 Å². The van der Waals surface area contributed by atoms with Crippen LogP contribution < -0.4 is 0 Å². The molecule has 0 amide bonds. The summed E-state index contributed by atoms with van der Waals surface area (Å²) in [5.41, 5.74) is 0.955. The first-order valence-electron chi connectivity index (χ1n) is 7.53. The second-order valence-electron chi connectivity index (χ2n) is 6.04. The van der Waals surface area contributed by atoms with E-state index in [9.17, 15) is 13.9 Å². The molecule has 1 heterocycles. The Hall–Kier alpha value is -1.00.